The van der Waals surface area contributed by atoms with Gasteiger partial charge in [0.25, 0.3) is 0 Å². The van der Waals surface area contributed by atoms with Crippen molar-refractivity contribution in [2.24, 2.45) is 0 Å². The van der Waals surface area contributed by atoms with Crippen molar-refractivity contribution in [3.63, 3.8) is 0 Å². The van der Waals surface area contributed by atoms with E-state index in [-0.39, 0.29) is 5.82 Å². The molecule has 2 aromatic rings. The molecule has 0 fully saturated rings. The molecule has 0 atom stereocenters. The van der Waals surface area contributed by atoms with Crippen LogP contribution in [0.1, 0.15) is 5.56 Å². The number of furan rings is 1. The van der Waals surface area contributed by atoms with Crippen molar-refractivity contribution in [1.29, 1.82) is 0 Å². The van der Waals surface area contributed by atoms with Gasteiger partial charge < -0.3 is 4.42 Å². The number of fused-ring (bicyclic) bond motifs is 1. The fourth-order valence-corrected chi connectivity index (χ4v) is 1.69. The molecule has 0 unspecified atom stereocenters. The third-order valence-electron chi connectivity index (χ3n) is 1.80. The number of alkyl halides is 1. The highest BCUT2D eigenvalue weighted by atomic mass is 79.9. The molecule has 1 nitrogen and oxygen atoms in total. The fraction of sp³-hybridized carbons (Fsp3) is 0.111. The lowest BCUT2D eigenvalue weighted by molar-refractivity contribution is 0.560. The monoisotopic (exact) mass is 228 g/mol. The first kappa shape index (κ1) is 7.80. The Morgan fingerprint density at radius 1 is 1.33 bits per heavy atom. The van der Waals surface area contributed by atoms with Gasteiger partial charge in [-0.25, -0.2) is 4.39 Å². The average molecular weight is 229 g/mol. The Hall–Kier alpha value is -0.830. The molecule has 0 spiro atoms. The van der Waals surface area contributed by atoms with E-state index in [9.17, 15) is 4.39 Å². The molecule has 0 bridgehead atoms. The molecule has 1 aromatic heterocycles. The topological polar surface area (TPSA) is 13.1 Å². The van der Waals surface area contributed by atoms with Gasteiger partial charge in [0, 0.05) is 10.7 Å². The number of hydrogen-bond donors (Lipinski definition) is 0. The zero-order valence-electron chi connectivity index (χ0n) is 6.18. The third-order valence-corrected chi connectivity index (χ3v) is 2.41. The van der Waals surface area contributed by atoms with Crippen LogP contribution in [-0.4, -0.2) is 0 Å². The molecule has 62 valence electrons. The SMILES string of the molecule is Fc1ccc(CBr)c2ccoc12. The Labute approximate surface area is 77.3 Å². The van der Waals surface area contributed by atoms with Gasteiger partial charge in [0.1, 0.15) is 0 Å². The maximum atomic E-state index is 13.0. The summed E-state index contributed by atoms with van der Waals surface area (Å²) in [6.45, 7) is 0. The molecule has 1 heterocycles. The number of hydrogen-bond acceptors (Lipinski definition) is 1. The minimum absolute atomic E-state index is 0.306. The van der Waals surface area contributed by atoms with Crippen LogP contribution >= 0.6 is 15.9 Å². The van der Waals surface area contributed by atoms with Crippen LogP contribution in [0.15, 0.2) is 28.9 Å². The predicted molar refractivity (Wildman–Crippen MR) is 48.8 cm³/mol. The first-order valence-corrected chi connectivity index (χ1v) is 4.65. The molecular formula is C9H6BrFO. The second kappa shape index (κ2) is 2.90. The molecule has 2 rings (SSSR count). The van der Waals surface area contributed by atoms with Crippen LogP contribution < -0.4 is 0 Å². The minimum Gasteiger partial charge on any atom is -0.461 e. The van der Waals surface area contributed by atoms with Crippen LogP contribution in [0.3, 0.4) is 0 Å². The van der Waals surface area contributed by atoms with Crippen LogP contribution in [0.2, 0.25) is 0 Å². The number of halogens is 2. The average Bonchev–Trinajstić information content (AvgIpc) is 2.54. The molecule has 0 aliphatic rings. The van der Waals surface area contributed by atoms with E-state index in [0.29, 0.717) is 10.9 Å². The van der Waals surface area contributed by atoms with Gasteiger partial charge in [0.15, 0.2) is 11.4 Å². The van der Waals surface area contributed by atoms with Gasteiger partial charge in [-0.3, -0.25) is 0 Å². The van der Waals surface area contributed by atoms with Gasteiger partial charge in [-0.15, -0.1) is 0 Å². The summed E-state index contributed by atoms with van der Waals surface area (Å²) >= 11 is 3.32. The van der Waals surface area contributed by atoms with Gasteiger partial charge in [-0.1, -0.05) is 22.0 Å². The van der Waals surface area contributed by atoms with E-state index in [1.165, 1.54) is 12.3 Å². The van der Waals surface area contributed by atoms with Crippen molar-refractivity contribution in [2.45, 2.75) is 5.33 Å². The van der Waals surface area contributed by atoms with Crippen molar-refractivity contribution in [1.82, 2.24) is 0 Å². The summed E-state index contributed by atoms with van der Waals surface area (Å²) in [6.07, 6.45) is 1.50. The second-order valence-corrected chi connectivity index (χ2v) is 3.06. The molecule has 0 radical (unpaired) electrons. The highest BCUT2D eigenvalue weighted by Gasteiger charge is 2.06. The van der Waals surface area contributed by atoms with Gasteiger partial charge in [-0.2, -0.15) is 0 Å². The fourth-order valence-electron chi connectivity index (χ4n) is 1.20. The largest absolute Gasteiger partial charge is 0.461 e. The summed E-state index contributed by atoms with van der Waals surface area (Å²) in [7, 11) is 0. The summed E-state index contributed by atoms with van der Waals surface area (Å²) in [5.74, 6) is -0.306. The maximum absolute atomic E-state index is 13.0. The third kappa shape index (κ3) is 1.05. The van der Waals surface area contributed by atoms with Crippen molar-refractivity contribution >= 4 is 26.9 Å². The van der Waals surface area contributed by atoms with Gasteiger partial charge in [0.05, 0.1) is 6.26 Å². The molecule has 0 N–H and O–H groups in total. The Morgan fingerprint density at radius 3 is 2.92 bits per heavy atom. The van der Waals surface area contributed by atoms with E-state index >= 15 is 0 Å². The summed E-state index contributed by atoms with van der Waals surface area (Å²) in [5.41, 5.74) is 1.38. The standard InChI is InChI=1S/C9H6BrFO/c10-5-6-1-2-8(11)9-7(6)3-4-12-9/h1-4H,5H2. The smallest absolute Gasteiger partial charge is 0.169 e. The van der Waals surface area contributed by atoms with E-state index in [1.54, 1.807) is 12.1 Å². The van der Waals surface area contributed by atoms with E-state index in [1.807, 2.05) is 0 Å². The predicted octanol–water partition coefficient (Wildman–Crippen LogP) is 3.47. The highest BCUT2D eigenvalue weighted by Crippen LogP contribution is 2.24. The summed E-state index contributed by atoms with van der Waals surface area (Å²) in [6, 6.07) is 4.94. The first-order chi connectivity index (χ1) is 5.83. The van der Waals surface area contributed by atoms with Crippen molar-refractivity contribution in [3.8, 4) is 0 Å². The number of rotatable bonds is 1. The highest BCUT2D eigenvalue weighted by molar-refractivity contribution is 9.08. The van der Waals surface area contributed by atoms with Crippen molar-refractivity contribution in [3.05, 3.63) is 35.8 Å². The number of benzene rings is 1. The Balaban J connectivity index is 2.82. The second-order valence-electron chi connectivity index (χ2n) is 2.50. The molecule has 0 saturated heterocycles. The molecule has 0 aliphatic carbocycles. The molecule has 0 aliphatic heterocycles. The zero-order chi connectivity index (χ0) is 8.55. The van der Waals surface area contributed by atoms with Crippen LogP contribution in [-0.2, 0) is 5.33 Å². The Morgan fingerprint density at radius 2 is 2.17 bits per heavy atom. The normalized spacial score (nSPS) is 10.8. The van der Waals surface area contributed by atoms with Crippen molar-refractivity contribution in [2.75, 3.05) is 0 Å². The van der Waals surface area contributed by atoms with Gasteiger partial charge in [-0.05, 0) is 17.7 Å². The van der Waals surface area contributed by atoms with Gasteiger partial charge >= 0.3 is 0 Å². The van der Waals surface area contributed by atoms with Gasteiger partial charge in [0.2, 0.25) is 0 Å². The molecule has 12 heavy (non-hydrogen) atoms. The molecule has 0 saturated carbocycles. The summed E-state index contributed by atoms with van der Waals surface area (Å²) in [4.78, 5) is 0. The summed E-state index contributed by atoms with van der Waals surface area (Å²) in [5, 5.41) is 1.55. The lowest BCUT2D eigenvalue weighted by Gasteiger charge is -1.96. The lowest BCUT2D eigenvalue weighted by atomic mass is 10.1. The molecule has 3 heteroatoms. The first-order valence-electron chi connectivity index (χ1n) is 3.53. The van der Waals surface area contributed by atoms with Crippen molar-refractivity contribution < 1.29 is 8.81 Å². The quantitative estimate of drug-likeness (QED) is 0.682. The zero-order valence-corrected chi connectivity index (χ0v) is 7.77. The summed E-state index contributed by atoms with van der Waals surface area (Å²) < 4.78 is 18.0. The molecule has 1 aromatic carbocycles. The van der Waals surface area contributed by atoms with Crippen LogP contribution in [0, 0.1) is 5.82 Å². The van der Waals surface area contributed by atoms with Crippen LogP contribution in [0.25, 0.3) is 11.0 Å². The van der Waals surface area contributed by atoms with E-state index in [0.717, 1.165) is 10.9 Å². The van der Waals surface area contributed by atoms with E-state index in [4.69, 9.17) is 4.42 Å². The Kier molecular flexibility index (Phi) is 1.89. The molecular weight excluding hydrogens is 223 g/mol. The van der Waals surface area contributed by atoms with E-state index in [2.05, 4.69) is 15.9 Å². The van der Waals surface area contributed by atoms with Crippen LogP contribution in [0.5, 0.6) is 0 Å². The van der Waals surface area contributed by atoms with E-state index < -0.39 is 0 Å². The van der Waals surface area contributed by atoms with Crippen LogP contribution in [0.4, 0.5) is 4.39 Å². The Bertz CT molecular complexity index is 408. The lowest BCUT2D eigenvalue weighted by Crippen LogP contribution is -1.81. The molecule has 0 amide bonds. The minimum atomic E-state index is -0.306. The maximum Gasteiger partial charge on any atom is 0.169 e.